The Balaban J connectivity index is 1.77. The predicted molar refractivity (Wildman–Crippen MR) is 84.2 cm³/mol. The van der Waals surface area contributed by atoms with E-state index in [4.69, 9.17) is 0 Å². The Morgan fingerprint density at radius 2 is 1.78 bits per heavy atom. The Labute approximate surface area is 133 Å². The molecular weight excluding hydrogens is 295 g/mol. The average Bonchev–Trinajstić information content (AvgIpc) is 2.58. The van der Waals surface area contributed by atoms with Crippen molar-refractivity contribution in [1.82, 2.24) is 10.6 Å². The van der Waals surface area contributed by atoms with Gasteiger partial charge < -0.3 is 10.6 Å². The molecule has 2 amide bonds. The highest BCUT2D eigenvalue weighted by molar-refractivity contribution is 5.94. The number of hydrogen-bond acceptors (Lipinski definition) is 2. The van der Waals surface area contributed by atoms with Crippen molar-refractivity contribution in [3.8, 4) is 0 Å². The summed E-state index contributed by atoms with van der Waals surface area (Å²) < 4.78 is 13.0. The average molecular weight is 312 g/mol. The van der Waals surface area contributed by atoms with Crippen molar-refractivity contribution in [2.75, 3.05) is 0 Å². The number of carbonyl (C=O) groups is 2. The Morgan fingerprint density at radius 1 is 1.09 bits per heavy atom. The van der Waals surface area contributed by atoms with Crippen molar-refractivity contribution in [3.63, 3.8) is 0 Å². The van der Waals surface area contributed by atoms with Crippen molar-refractivity contribution < 1.29 is 14.0 Å². The first kappa shape index (κ1) is 15.2. The van der Waals surface area contributed by atoms with Crippen LogP contribution in [0.1, 0.15) is 34.8 Å². The molecule has 3 rings (SSSR count). The number of amides is 2. The molecule has 0 unspecified atom stereocenters. The van der Waals surface area contributed by atoms with E-state index in [9.17, 15) is 14.0 Å². The molecule has 4 nitrogen and oxygen atoms in total. The van der Waals surface area contributed by atoms with Gasteiger partial charge in [0, 0.05) is 12.0 Å². The van der Waals surface area contributed by atoms with Gasteiger partial charge in [0.2, 0.25) is 5.91 Å². The van der Waals surface area contributed by atoms with Crippen LogP contribution in [-0.4, -0.2) is 17.9 Å². The molecule has 2 N–H and O–H groups in total. The molecule has 1 fully saturated rings. The van der Waals surface area contributed by atoms with Gasteiger partial charge in [-0.15, -0.1) is 0 Å². The van der Waals surface area contributed by atoms with E-state index in [1.54, 1.807) is 0 Å². The number of benzene rings is 2. The molecule has 2 atom stereocenters. The zero-order valence-corrected chi connectivity index (χ0v) is 12.5. The summed E-state index contributed by atoms with van der Waals surface area (Å²) in [5.41, 5.74) is 1.35. The van der Waals surface area contributed by atoms with Crippen LogP contribution in [0, 0.1) is 5.82 Å². The predicted octanol–water partition coefficient (Wildman–Crippen LogP) is 2.58. The molecule has 5 heteroatoms. The van der Waals surface area contributed by atoms with Crippen LogP contribution in [0.4, 0.5) is 4.39 Å². The minimum absolute atomic E-state index is 0.0221. The smallest absolute Gasteiger partial charge is 0.251 e. The number of nitrogens with one attached hydrogen (secondary N) is 2. The fourth-order valence-electron chi connectivity index (χ4n) is 2.78. The van der Waals surface area contributed by atoms with Crippen LogP contribution in [0.2, 0.25) is 0 Å². The first-order chi connectivity index (χ1) is 11.1. The van der Waals surface area contributed by atoms with Gasteiger partial charge in [-0.1, -0.05) is 30.3 Å². The lowest BCUT2D eigenvalue weighted by Crippen LogP contribution is -2.50. The van der Waals surface area contributed by atoms with Gasteiger partial charge in [-0.3, -0.25) is 9.59 Å². The van der Waals surface area contributed by atoms with E-state index in [0.717, 1.165) is 5.56 Å². The molecular formula is C18H17FN2O2. The van der Waals surface area contributed by atoms with Crippen molar-refractivity contribution in [1.29, 1.82) is 0 Å². The molecule has 0 aliphatic carbocycles. The van der Waals surface area contributed by atoms with Gasteiger partial charge in [-0.25, -0.2) is 4.39 Å². The second-order valence-corrected chi connectivity index (χ2v) is 5.58. The van der Waals surface area contributed by atoms with Crippen LogP contribution in [0.5, 0.6) is 0 Å². The standard InChI is InChI=1S/C18H17FN2O2/c19-14-8-6-13(7-9-14)18(23)20-15-10-11-16(22)21-17(15)12-4-2-1-3-5-12/h1-9,15,17H,10-11H2,(H,20,23)(H,21,22)/t15-,17+/m1/s1. The van der Waals surface area contributed by atoms with Crippen LogP contribution < -0.4 is 10.6 Å². The van der Waals surface area contributed by atoms with E-state index >= 15 is 0 Å². The van der Waals surface area contributed by atoms with E-state index in [0.29, 0.717) is 18.4 Å². The fraction of sp³-hybridized carbons (Fsp3) is 0.222. The molecule has 0 spiro atoms. The molecule has 2 aromatic rings. The van der Waals surface area contributed by atoms with Crippen LogP contribution in [0.25, 0.3) is 0 Å². The van der Waals surface area contributed by atoms with Crippen molar-refractivity contribution >= 4 is 11.8 Å². The zero-order chi connectivity index (χ0) is 16.2. The summed E-state index contributed by atoms with van der Waals surface area (Å²) in [6.07, 6.45) is 0.941. The van der Waals surface area contributed by atoms with Crippen LogP contribution >= 0.6 is 0 Å². The third-order valence-corrected chi connectivity index (χ3v) is 3.98. The summed E-state index contributed by atoms with van der Waals surface area (Å²) >= 11 is 0. The molecule has 1 heterocycles. The van der Waals surface area contributed by atoms with E-state index in [1.807, 2.05) is 30.3 Å². The highest BCUT2D eigenvalue weighted by Crippen LogP contribution is 2.24. The largest absolute Gasteiger partial charge is 0.347 e. The molecule has 1 saturated heterocycles. The third-order valence-electron chi connectivity index (χ3n) is 3.98. The van der Waals surface area contributed by atoms with E-state index in [1.165, 1.54) is 24.3 Å². The monoisotopic (exact) mass is 312 g/mol. The second-order valence-electron chi connectivity index (χ2n) is 5.58. The minimum Gasteiger partial charge on any atom is -0.347 e. The van der Waals surface area contributed by atoms with Crippen LogP contribution in [0.3, 0.4) is 0 Å². The van der Waals surface area contributed by atoms with Gasteiger partial charge in [0.15, 0.2) is 0 Å². The number of halogens is 1. The molecule has 23 heavy (non-hydrogen) atoms. The number of hydrogen-bond donors (Lipinski definition) is 2. The third kappa shape index (κ3) is 3.56. The van der Waals surface area contributed by atoms with Gasteiger partial charge in [-0.05, 0) is 36.2 Å². The lowest BCUT2D eigenvalue weighted by atomic mass is 9.91. The maximum absolute atomic E-state index is 13.0. The first-order valence-corrected chi connectivity index (χ1v) is 7.54. The van der Waals surface area contributed by atoms with E-state index in [-0.39, 0.29) is 29.7 Å². The fourth-order valence-corrected chi connectivity index (χ4v) is 2.78. The molecule has 1 aliphatic heterocycles. The number of rotatable bonds is 3. The number of carbonyl (C=O) groups excluding carboxylic acids is 2. The van der Waals surface area contributed by atoms with Crippen molar-refractivity contribution in [3.05, 3.63) is 71.5 Å². The van der Waals surface area contributed by atoms with Gasteiger partial charge in [-0.2, -0.15) is 0 Å². The first-order valence-electron chi connectivity index (χ1n) is 7.54. The lowest BCUT2D eigenvalue weighted by Gasteiger charge is -2.33. The molecule has 0 radical (unpaired) electrons. The highest BCUT2D eigenvalue weighted by Gasteiger charge is 2.31. The normalized spacial score (nSPS) is 20.7. The van der Waals surface area contributed by atoms with Gasteiger partial charge in [0.25, 0.3) is 5.91 Å². The van der Waals surface area contributed by atoms with Crippen LogP contribution in [0.15, 0.2) is 54.6 Å². The Hall–Kier alpha value is -2.69. The quantitative estimate of drug-likeness (QED) is 0.915. The van der Waals surface area contributed by atoms with Crippen molar-refractivity contribution in [2.24, 2.45) is 0 Å². The lowest BCUT2D eigenvalue weighted by molar-refractivity contribution is -0.123. The Morgan fingerprint density at radius 3 is 2.48 bits per heavy atom. The van der Waals surface area contributed by atoms with E-state index < -0.39 is 0 Å². The number of piperidine rings is 1. The summed E-state index contributed by atoms with van der Waals surface area (Å²) in [6, 6.07) is 14.5. The molecule has 0 aromatic heterocycles. The maximum Gasteiger partial charge on any atom is 0.251 e. The zero-order valence-electron chi connectivity index (χ0n) is 12.5. The summed E-state index contributed by atoms with van der Waals surface area (Å²) in [5.74, 6) is -0.674. The Kier molecular flexibility index (Phi) is 4.37. The Bertz CT molecular complexity index is 701. The summed E-state index contributed by atoms with van der Waals surface area (Å²) in [5, 5.41) is 5.88. The topological polar surface area (TPSA) is 58.2 Å². The highest BCUT2D eigenvalue weighted by atomic mass is 19.1. The summed E-state index contributed by atoms with van der Waals surface area (Å²) in [4.78, 5) is 24.1. The van der Waals surface area contributed by atoms with Crippen molar-refractivity contribution in [2.45, 2.75) is 24.9 Å². The second kappa shape index (κ2) is 6.60. The SMILES string of the molecule is O=C1CC[C@@H](NC(=O)c2ccc(F)cc2)[C@H](c2ccccc2)N1. The summed E-state index contributed by atoms with van der Waals surface area (Å²) in [6.45, 7) is 0. The molecule has 1 aliphatic rings. The molecule has 118 valence electrons. The van der Waals surface area contributed by atoms with E-state index in [2.05, 4.69) is 10.6 Å². The molecule has 2 aromatic carbocycles. The maximum atomic E-state index is 13.0. The van der Waals surface area contributed by atoms with Gasteiger partial charge >= 0.3 is 0 Å². The van der Waals surface area contributed by atoms with Gasteiger partial charge in [0.05, 0.1) is 12.1 Å². The minimum atomic E-state index is -0.381. The summed E-state index contributed by atoms with van der Waals surface area (Å²) in [7, 11) is 0. The molecule has 0 saturated carbocycles. The van der Waals surface area contributed by atoms with Gasteiger partial charge in [0.1, 0.15) is 5.82 Å². The molecule has 0 bridgehead atoms. The van der Waals surface area contributed by atoms with Crippen LogP contribution in [-0.2, 0) is 4.79 Å².